The van der Waals surface area contributed by atoms with Crippen LogP contribution in [0.5, 0.6) is 0 Å². The van der Waals surface area contributed by atoms with E-state index in [1.54, 1.807) is 12.3 Å². The number of carbonyl (C=O) groups excluding carboxylic acids is 1. The molecular weight excluding hydrogens is 195 g/mol. The number of aromatic nitrogens is 1. The molecule has 1 aromatic heterocycles. The summed E-state index contributed by atoms with van der Waals surface area (Å²) in [6.07, 6.45) is 1.15. The molecule has 1 aliphatic rings. The summed E-state index contributed by atoms with van der Waals surface area (Å²) in [5, 5.41) is 0. The number of alkyl halides is 1. The van der Waals surface area contributed by atoms with E-state index in [1.165, 1.54) is 4.90 Å². The largest absolute Gasteiger partial charge is 0.334 e. The monoisotopic (exact) mass is 208 g/mol. The van der Waals surface area contributed by atoms with Crippen LogP contribution in [0.15, 0.2) is 18.3 Å². The Hall–Kier alpha value is -1.45. The number of hydrogen-bond acceptors (Lipinski definition) is 2. The molecule has 0 N–H and O–H groups in total. The van der Waals surface area contributed by atoms with Crippen LogP contribution in [0, 0.1) is 6.92 Å². The Bertz CT molecular complexity index is 381. The summed E-state index contributed by atoms with van der Waals surface area (Å²) in [5.41, 5.74) is 1.27. The van der Waals surface area contributed by atoms with Gasteiger partial charge in [0.05, 0.1) is 6.54 Å². The second kappa shape index (κ2) is 3.96. The fourth-order valence-corrected chi connectivity index (χ4v) is 1.76. The fraction of sp³-hybridized carbons (Fsp3) is 0.455. The second-order valence-electron chi connectivity index (χ2n) is 3.81. The third kappa shape index (κ3) is 1.98. The van der Waals surface area contributed by atoms with Crippen molar-refractivity contribution in [3.63, 3.8) is 0 Å². The van der Waals surface area contributed by atoms with Crippen molar-refractivity contribution in [2.75, 3.05) is 13.1 Å². The lowest BCUT2D eigenvalue weighted by Crippen LogP contribution is -2.30. The van der Waals surface area contributed by atoms with Crippen LogP contribution in [0.2, 0.25) is 0 Å². The van der Waals surface area contributed by atoms with Crippen LogP contribution in [-0.2, 0) is 0 Å². The van der Waals surface area contributed by atoms with Gasteiger partial charge in [-0.2, -0.15) is 0 Å². The number of carbonyl (C=O) groups is 1. The highest BCUT2D eigenvalue weighted by Gasteiger charge is 2.27. The predicted molar refractivity (Wildman–Crippen MR) is 54.4 cm³/mol. The minimum Gasteiger partial charge on any atom is -0.334 e. The van der Waals surface area contributed by atoms with Gasteiger partial charge in [0.1, 0.15) is 11.9 Å². The molecule has 0 aromatic carbocycles. The molecule has 0 bridgehead atoms. The summed E-state index contributed by atoms with van der Waals surface area (Å²) in [4.78, 5) is 17.5. The average Bonchev–Trinajstić information content (AvgIpc) is 2.65. The molecule has 1 aromatic rings. The molecule has 1 saturated heterocycles. The average molecular weight is 208 g/mol. The quantitative estimate of drug-likeness (QED) is 0.702. The predicted octanol–water partition coefficient (Wildman–Crippen LogP) is 1.57. The minimum atomic E-state index is -0.877. The first kappa shape index (κ1) is 10.1. The topological polar surface area (TPSA) is 33.2 Å². The molecule has 2 rings (SSSR count). The third-order valence-electron chi connectivity index (χ3n) is 2.63. The van der Waals surface area contributed by atoms with Crippen LogP contribution in [-0.4, -0.2) is 35.1 Å². The zero-order valence-electron chi connectivity index (χ0n) is 8.61. The van der Waals surface area contributed by atoms with Gasteiger partial charge in [0.2, 0.25) is 0 Å². The van der Waals surface area contributed by atoms with Crippen molar-refractivity contribution in [1.29, 1.82) is 0 Å². The van der Waals surface area contributed by atoms with Gasteiger partial charge in [-0.15, -0.1) is 0 Å². The summed E-state index contributed by atoms with van der Waals surface area (Å²) >= 11 is 0. The standard InChI is InChI=1S/C11H13FN2O/c1-8-3-2-5-13-10(8)11(15)14-6-4-9(12)7-14/h2-3,5,9H,4,6-7H2,1H3. The molecule has 1 unspecified atom stereocenters. The van der Waals surface area contributed by atoms with E-state index in [1.807, 2.05) is 13.0 Å². The van der Waals surface area contributed by atoms with E-state index in [9.17, 15) is 9.18 Å². The molecule has 1 aliphatic heterocycles. The number of aryl methyl sites for hydroxylation is 1. The molecule has 0 radical (unpaired) electrons. The maximum absolute atomic E-state index is 12.9. The van der Waals surface area contributed by atoms with E-state index < -0.39 is 6.17 Å². The van der Waals surface area contributed by atoms with Gasteiger partial charge in [-0.05, 0) is 25.0 Å². The van der Waals surface area contributed by atoms with Crippen molar-refractivity contribution in [2.24, 2.45) is 0 Å². The Morgan fingerprint density at radius 2 is 2.47 bits per heavy atom. The Kier molecular flexibility index (Phi) is 2.66. The van der Waals surface area contributed by atoms with E-state index in [2.05, 4.69) is 4.98 Å². The zero-order valence-corrected chi connectivity index (χ0v) is 8.61. The van der Waals surface area contributed by atoms with Gasteiger partial charge in [-0.1, -0.05) is 6.07 Å². The molecule has 0 spiro atoms. The van der Waals surface area contributed by atoms with Crippen molar-refractivity contribution in [3.05, 3.63) is 29.6 Å². The Morgan fingerprint density at radius 3 is 3.07 bits per heavy atom. The lowest BCUT2D eigenvalue weighted by molar-refractivity contribution is 0.0776. The van der Waals surface area contributed by atoms with Crippen LogP contribution in [0.4, 0.5) is 4.39 Å². The molecule has 15 heavy (non-hydrogen) atoms. The smallest absolute Gasteiger partial charge is 0.272 e. The van der Waals surface area contributed by atoms with E-state index in [0.717, 1.165) is 5.56 Å². The van der Waals surface area contributed by atoms with Crippen LogP contribution in [0.3, 0.4) is 0 Å². The normalized spacial score (nSPS) is 20.7. The minimum absolute atomic E-state index is 0.159. The summed E-state index contributed by atoms with van der Waals surface area (Å²) in [6.45, 7) is 2.54. The van der Waals surface area contributed by atoms with E-state index in [0.29, 0.717) is 18.7 Å². The number of amides is 1. The number of pyridine rings is 1. The van der Waals surface area contributed by atoms with Crippen molar-refractivity contribution < 1.29 is 9.18 Å². The molecule has 3 nitrogen and oxygen atoms in total. The van der Waals surface area contributed by atoms with Crippen molar-refractivity contribution >= 4 is 5.91 Å². The Labute approximate surface area is 87.9 Å². The molecule has 4 heteroatoms. The number of hydrogen-bond donors (Lipinski definition) is 0. The molecule has 1 amide bonds. The highest BCUT2D eigenvalue weighted by Crippen LogP contribution is 2.16. The van der Waals surface area contributed by atoms with Gasteiger partial charge in [-0.25, -0.2) is 4.39 Å². The Morgan fingerprint density at radius 1 is 1.67 bits per heavy atom. The van der Waals surface area contributed by atoms with Gasteiger partial charge >= 0.3 is 0 Å². The number of nitrogens with zero attached hydrogens (tertiary/aromatic N) is 2. The van der Waals surface area contributed by atoms with Crippen molar-refractivity contribution in [2.45, 2.75) is 19.5 Å². The maximum Gasteiger partial charge on any atom is 0.272 e. The highest BCUT2D eigenvalue weighted by molar-refractivity contribution is 5.93. The van der Waals surface area contributed by atoms with E-state index in [4.69, 9.17) is 0 Å². The molecule has 2 heterocycles. The first-order chi connectivity index (χ1) is 7.18. The van der Waals surface area contributed by atoms with Gasteiger partial charge in [0.15, 0.2) is 0 Å². The van der Waals surface area contributed by atoms with Crippen LogP contribution in [0.25, 0.3) is 0 Å². The molecule has 80 valence electrons. The van der Waals surface area contributed by atoms with Crippen LogP contribution in [0.1, 0.15) is 22.5 Å². The van der Waals surface area contributed by atoms with Gasteiger partial charge in [0, 0.05) is 12.7 Å². The first-order valence-corrected chi connectivity index (χ1v) is 5.03. The Balaban J connectivity index is 2.18. The molecular formula is C11H13FN2O. The third-order valence-corrected chi connectivity index (χ3v) is 2.63. The number of likely N-dealkylation sites (tertiary alicyclic amines) is 1. The summed E-state index contributed by atoms with van der Waals surface area (Å²) in [7, 11) is 0. The second-order valence-corrected chi connectivity index (χ2v) is 3.81. The van der Waals surface area contributed by atoms with Crippen molar-refractivity contribution in [3.8, 4) is 0 Å². The van der Waals surface area contributed by atoms with Crippen LogP contribution >= 0.6 is 0 Å². The van der Waals surface area contributed by atoms with Crippen LogP contribution < -0.4 is 0 Å². The van der Waals surface area contributed by atoms with Gasteiger partial charge < -0.3 is 4.90 Å². The highest BCUT2D eigenvalue weighted by atomic mass is 19.1. The SMILES string of the molecule is Cc1cccnc1C(=O)N1CCC(F)C1. The van der Waals surface area contributed by atoms with E-state index >= 15 is 0 Å². The summed E-state index contributed by atoms with van der Waals surface area (Å²) in [6, 6.07) is 3.62. The number of halogens is 1. The molecule has 0 aliphatic carbocycles. The lowest BCUT2D eigenvalue weighted by atomic mass is 10.2. The maximum atomic E-state index is 12.9. The lowest BCUT2D eigenvalue weighted by Gasteiger charge is -2.15. The van der Waals surface area contributed by atoms with Gasteiger partial charge in [-0.3, -0.25) is 9.78 Å². The van der Waals surface area contributed by atoms with Gasteiger partial charge in [0.25, 0.3) is 5.91 Å². The molecule has 0 saturated carbocycles. The summed E-state index contributed by atoms with van der Waals surface area (Å²) in [5.74, 6) is -0.159. The molecule has 1 atom stereocenters. The van der Waals surface area contributed by atoms with E-state index in [-0.39, 0.29) is 12.5 Å². The fourth-order valence-electron chi connectivity index (χ4n) is 1.76. The summed E-state index contributed by atoms with van der Waals surface area (Å²) < 4.78 is 12.9. The molecule has 1 fully saturated rings. The zero-order chi connectivity index (χ0) is 10.8. The first-order valence-electron chi connectivity index (χ1n) is 5.03. The van der Waals surface area contributed by atoms with Crippen molar-refractivity contribution in [1.82, 2.24) is 9.88 Å². The number of rotatable bonds is 1.